The van der Waals surface area contributed by atoms with Crippen LogP contribution in [0.1, 0.15) is 36.8 Å². The van der Waals surface area contributed by atoms with Crippen LogP contribution < -0.4 is 5.32 Å². The molecule has 0 atom stereocenters. The zero-order chi connectivity index (χ0) is 17.7. The molecule has 0 radical (unpaired) electrons. The monoisotopic (exact) mass is 366 g/mol. The number of hydrogen-bond donors (Lipinski definition) is 1. The van der Waals surface area contributed by atoms with E-state index in [0.29, 0.717) is 5.02 Å². The van der Waals surface area contributed by atoms with E-state index >= 15 is 0 Å². The normalized spacial score (nSPS) is 11.2. The topological polar surface area (TPSA) is 75.2 Å². The molecule has 2 amide bonds. The van der Waals surface area contributed by atoms with Crippen LogP contribution in [0.5, 0.6) is 0 Å². The molecule has 0 spiro atoms. The smallest absolute Gasteiger partial charge is 0.276 e. The lowest BCUT2D eigenvalue weighted by atomic mass is 10.1. The molecule has 0 saturated carbocycles. The van der Waals surface area contributed by atoms with E-state index in [0.717, 1.165) is 17.1 Å². The fourth-order valence-corrected chi connectivity index (χ4v) is 2.71. The molecule has 1 N–H and O–H groups in total. The van der Waals surface area contributed by atoms with E-state index in [1.165, 1.54) is 4.90 Å². The highest BCUT2D eigenvalue weighted by Gasteiger charge is 2.23. The molecule has 6 nitrogen and oxygen atoms in total. The van der Waals surface area contributed by atoms with Crippen molar-refractivity contribution in [3.05, 3.63) is 45.9 Å². The summed E-state index contributed by atoms with van der Waals surface area (Å²) >= 11 is 7.26. The Labute approximate surface area is 150 Å². The number of nitrogens with zero attached hydrogens (tertiary/aromatic N) is 3. The van der Waals surface area contributed by atoms with Gasteiger partial charge in [-0.15, -0.1) is 5.10 Å². The van der Waals surface area contributed by atoms with Gasteiger partial charge < -0.3 is 10.2 Å². The lowest BCUT2D eigenvalue weighted by Gasteiger charge is -2.25. The van der Waals surface area contributed by atoms with Crippen molar-refractivity contribution < 1.29 is 9.59 Å². The zero-order valence-corrected chi connectivity index (χ0v) is 15.3. The third-order valence-electron chi connectivity index (χ3n) is 3.03. The average molecular weight is 367 g/mol. The Balaban J connectivity index is 2.20. The average Bonchev–Trinajstić information content (AvgIpc) is 3.00. The van der Waals surface area contributed by atoms with Gasteiger partial charge in [0.05, 0.1) is 0 Å². The molecular formula is C16H19ClN4O2S. The number of benzene rings is 1. The van der Waals surface area contributed by atoms with Crippen molar-refractivity contribution in [1.82, 2.24) is 19.8 Å². The van der Waals surface area contributed by atoms with Gasteiger partial charge in [-0.05, 0) is 43.9 Å². The molecule has 0 fully saturated rings. The number of hydrogen-bond acceptors (Lipinski definition) is 5. The maximum atomic E-state index is 12.6. The molecule has 2 aromatic rings. The van der Waals surface area contributed by atoms with Gasteiger partial charge in [-0.2, -0.15) is 0 Å². The van der Waals surface area contributed by atoms with Crippen LogP contribution in [-0.2, 0) is 11.3 Å². The summed E-state index contributed by atoms with van der Waals surface area (Å²) in [5.74, 6) is -0.598. The standard InChI is InChI=1S/C16H19ClN4O2S/c1-16(2,3)18-14(22)9-21(15(23)13-10-24-20-19-13)8-11-6-4-5-7-12(11)17/h4-7,10H,8-9H2,1-3H3,(H,18,22). The predicted octanol–water partition coefficient (Wildman–Crippen LogP) is 2.75. The number of rotatable bonds is 5. The van der Waals surface area contributed by atoms with Crippen LogP contribution >= 0.6 is 23.1 Å². The minimum absolute atomic E-state index is 0.0845. The van der Waals surface area contributed by atoms with E-state index in [1.54, 1.807) is 11.4 Å². The predicted molar refractivity (Wildman–Crippen MR) is 94.0 cm³/mol. The number of carbonyl (C=O) groups is 2. The second kappa shape index (κ2) is 7.72. The van der Waals surface area contributed by atoms with Gasteiger partial charge in [0.2, 0.25) is 5.91 Å². The molecule has 1 aromatic heterocycles. The number of halogens is 1. The van der Waals surface area contributed by atoms with Crippen molar-refractivity contribution in [2.45, 2.75) is 32.9 Å². The fourth-order valence-electron chi connectivity index (χ4n) is 2.08. The molecule has 0 aliphatic rings. The molecule has 0 unspecified atom stereocenters. The number of amides is 2. The SMILES string of the molecule is CC(C)(C)NC(=O)CN(Cc1ccccc1Cl)C(=O)c1csnn1. The number of aromatic nitrogens is 2. The summed E-state index contributed by atoms with van der Waals surface area (Å²) in [5, 5.41) is 8.75. The first-order valence-electron chi connectivity index (χ1n) is 7.37. The van der Waals surface area contributed by atoms with Gasteiger partial charge in [0.15, 0.2) is 5.69 Å². The highest BCUT2D eigenvalue weighted by molar-refractivity contribution is 7.03. The van der Waals surface area contributed by atoms with E-state index in [-0.39, 0.29) is 36.1 Å². The number of carbonyl (C=O) groups excluding carboxylic acids is 2. The summed E-state index contributed by atoms with van der Waals surface area (Å²) in [4.78, 5) is 26.3. The van der Waals surface area contributed by atoms with Gasteiger partial charge in [-0.1, -0.05) is 34.3 Å². The Morgan fingerprint density at radius 2 is 2.00 bits per heavy atom. The molecule has 0 aliphatic carbocycles. The van der Waals surface area contributed by atoms with Crippen LogP contribution in [0.25, 0.3) is 0 Å². The fraction of sp³-hybridized carbons (Fsp3) is 0.375. The van der Waals surface area contributed by atoms with Crippen molar-refractivity contribution >= 4 is 34.9 Å². The Kier molecular flexibility index (Phi) is 5.90. The molecule has 0 bridgehead atoms. The van der Waals surface area contributed by atoms with E-state index < -0.39 is 0 Å². The Morgan fingerprint density at radius 3 is 2.58 bits per heavy atom. The van der Waals surface area contributed by atoms with E-state index in [4.69, 9.17) is 11.6 Å². The largest absolute Gasteiger partial charge is 0.350 e. The van der Waals surface area contributed by atoms with Crippen LogP contribution in [0.15, 0.2) is 29.6 Å². The van der Waals surface area contributed by atoms with Gasteiger partial charge in [-0.25, -0.2) is 0 Å². The summed E-state index contributed by atoms with van der Waals surface area (Å²) < 4.78 is 3.71. The Bertz CT molecular complexity index is 713. The Morgan fingerprint density at radius 1 is 1.29 bits per heavy atom. The first kappa shape index (κ1) is 18.4. The van der Waals surface area contributed by atoms with Crippen LogP contribution in [0.2, 0.25) is 5.02 Å². The van der Waals surface area contributed by atoms with Crippen molar-refractivity contribution in [3.8, 4) is 0 Å². The second-order valence-electron chi connectivity index (χ2n) is 6.34. The lowest BCUT2D eigenvalue weighted by Crippen LogP contribution is -2.47. The molecular weight excluding hydrogens is 348 g/mol. The third kappa shape index (κ3) is 5.28. The van der Waals surface area contributed by atoms with Crippen molar-refractivity contribution in [3.63, 3.8) is 0 Å². The molecule has 128 valence electrons. The lowest BCUT2D eigenvalue weighted by molar-refractivity contribution is -0.123. The van der Waals surface area contributed by atoms with Crippen LogP contribution in [-0.4, -0.2) is 38.4 Å². The highest BCUT2D eigenvalue weighted by Crippen LogP contribution is 2.18. The van der Waals surface area contributed by atoms with E-state index in [2.05, 4.69) is 14.9 Å². The van der Waals surface area contributed by atoms with Crippen molar-refractivity contribution in [2.24, 2.45) is 0 Å². The van der Waals surface area contributed by atoms with Crippen molar-refractivity contribution in [2.75, 3.05) is 6.54 Å². The highest BCUT2D eigenvalue weighted by atomic mass is 35.5. The quantitative estimate of drug-likeness (QED) is 0.882. The maximum absolute atomic E-state index is 12.6. The van der Waals surface area contributed by atoms with Gasteiger partial charge >= 0.3 is 0 Å². The molecule has 2 rings (SSSR count). The molecule has 24 heavy (non-hydrogen) atoms. The minimum Gasteiger partial charge on any atom is -0.350 e. The summed E-state index contributed by atoms with van der Waals surface area (Å²) in [5.41, 5.74) is 0.605. The maximum Gasteiger partial charge on any atom is 0.276 e. The van der Waals surface area contributed by atoms with Gasteiger partial charge in [0.25, 0.3) is 5.91 Å². The molecule has 0 saturated heterocycles. The first-order valence-corrected chi connectivity index (χ1v) is 8.58. The second-order valence-corrected chi connectivity index (χ2v) is 7.36. The van der Waals surface area contributed by atoms with Crippen molar-refractivity contribution in [1.29, 1.82) is 0 Å². The first-order chi connectivity index (χ1) is 11.3. The summed E-state index contributed by atoms with van der Waals surface area (Å²) in [7, 11) is 0. The molecule has 1 heterocycles. The van der Waals surface area contributed by atoms with Gasteiger partial charge in [-0.3, -0.25) is 9.59 Å². The molecule has 0 aliphatic heterocycles. The Hall–Kier alpha value is -1.99. The van der Waals surface area contributed by atoms with E-state index in [1.807, 2.05) is 39.0 Å². The number of nitrogens with one attached hydrogen (secondary N) is 1. The summed E-state index contributed by atoms with van der Waals surface area (Å²) in [6.45, 7) is 5.78. The molecule has 8 heteroatoms. The summed E-state index contributed by atoms with van der Waals surface area (Å²) in [6, 6.07) is 7.22. The third-order valence-corrected chi connectivity index (χ3v) is 3.91. The van der Waals surface area contributed by atoms with Gasteiger partial charge in [0.1, 0.15) is 6.54 Å². The van der Waals surface area contributed by atoms with Crippen LogP contribution in [0.4, 0.5) is 0 Å². The zero-order valence-electron chi connectivity index (χ0n) is 13.7. The summed E-state index contributed by atoms with van der Waals surface area (Å²) in [6.07, 6.45) is 0. The van der Waals surface area contributed by atoms with E-state index in [9.17, 15) is 9.59 Å². The minimum atomic E-state index is -0.377. The van der Waals surface area contributed by atoms with Crippen LogP contribution in [0, 0.1) is 0 Å². The van der Waals surface area contributed by atoms with Gasteiger partial charge in [0, 0.05) is 22.5 Å². The molecule has 1 aromatic carbocycles. The van der Waals surface area contributed by atoms with Crippen LogP contribution in [0.3, 0.4) is 0 Å².